The average molecular weight is 502 g/mol. The number of ketones is 1. The van der Waals surface area contributed by atoms with Crippen LogP contribution in [0.15, 0.2) is 63.8 Å². The molecule has 0 unspecified atom stereocenters. The number of carbonyl (C=O) groups is 2. The molecular formula is C29H27NO7. The molecular weight excluding hydrogens is 474 g/mol. The predicted molar refractivity (Wildman–Crippen MR) is 141 cm³/mol. The van der Waals surface area contributed by atoms with Crippen molar-refractivity contribution in [3.05, 3.63) is 81.5 Å². The summed E-state index contributed by atoms with van der Waals surface area (Å²) in [6.45, 7) is 4.83. The molecule has 1 heterocycles. The number of methoxy groups -OCH3 is 2. The predicted octanol–water partition coefficient (Wildman–Crippen LogP) is 5.31. The summed E-state index contributed by atoms with van der Waals surface area (Å²) in [5.74, 6) is 0.390. The molecule has 0 radical (unpaired) electrons. The normalized spacial score (nSPS) is 10.7. The second kappa shape index (κ2) is 10.6. The Morgan fingerprint density at radius 3 is 2.35 bits per heavy atom. The maximum Gasteiger partial charge on any atom is 0.262 e. The lowest BCUT2D eigenvalue weighted by atomic mass is 10.0. The van der Waals surface area contributed by atoms with Gasteiger partial charge in [-0.1, -0.05) is 12.1 Å². The van der Waals surface area contributed by atoms with Crippen molar-refractivity contribution >= 4 is 28.3 Å². The second-order valence-corrected chi connectivity index (χ2v) is 8.57. The fourth-order valence-electron chi connectivity index (χ4n) is 3.88. The number of hydrogen-bond acceptors (Lipinski definition) is 7. The van der Waals surface area contributed by atoms with Crippen molar-refractivity contribution in [2.75, 3.05) is 26.1 Å². The van der Waals surface area contributed by atoms with E-state index in [9.17, 15) is 14.4 Å². The molecule has 1 N–H and O–H groups in total. The highest BCUT2D eigenvalue weighted by Crippen LogP contribution is 2.37. The molecule has 1 amide bonds. The van der Waals surface area contributed by atoms with Gasteiger partial charge in [-0.15, -0.1) is 0 Å². The van der Waals surface area contributed by atoms with Gasteiger partial charge in [0, 0.05) is 16.8 Å². The van der Waals surface area contributed by atoms with E-state index in [0.29, 0.717) is 39.3 Å². The summed E-state index contributed by atoms with van der Waals surface area (Å²) in [7, 11) is 3.03. The number of carbonyl (C=O) groups excluding carboxylic acids is 2. The van der Waals surface area contributed by atoms with Gasteiger partial charge in [0.05, 0.1) is 19.6 Å². The van der Waals surface area contributed by atoms with Gasteiger partial charge >= 0.3 is 0 Å². The molecule has 37 heavy (non-hydrogen) atoms. The lowest BCUT2D eigenvalue weighted by molar-refractivity contribution is -0.118. The lowest BCUT2D eigenvalue weighted by Gasteiger charge is -2.14. The van der Waals surface area contributed by atoms with Crippen molar-refractivity contribution < 1.29 is 28.2 Å². The number of ether oxygens (including phenoxy) is 3. The molecule has 0 aliphatic rings. The van der Waals surface area contributed by atoms with Gasteiger partial charge in [0.2, 0.25) is 11.2 Å². The third-order valence-corrected chi connectivity index (χ3v) is 6.01. The first-order chi connectivity index (χ1) is 17.7. The lowest BCUT2D eigenvalue weighted by Crippen LogP contribution is -2.22. The molecule has 4 rings (SSSR count). The molecule has 3 aromatic carbocycles. The van der Waals surface area contributed by atoms with E-state index >= 15 is 0 Å². The number of Topliss-reactive ketones (excluding diaryl/α,β-unsaturated/α-hetero) is 1. The Labute approximate surface area is 213 Å². The number of anilines is 1. The Hall–Kier alpha value is -4.59. The summed E-state index contributed by atoms with van der Waals surface area (Å²) in [4.78, 5) is 37.9. The zero-order chi connectivity index (χ0) is 26.7. The summed E-state index contributed by atoms with van der Waals surface area (Å²) in [5, 5.41) is 3.03. The van der Waals surface area contributed by atoms with Gasteiger partial charge in [0.25, 0.3) is 5.91 Å². The highest BCUT2D eigenvalue weighted by atomic mass is 16.5. The summed E-state index contributed by atoms with van der Waals surface area (Å²) in [6.07, 6.45) is 0. The van der Waals surface area contributed by atoms with Gasteiger partial charge in [-0.2, -0.15) is 0 Å². The van der Waals surface area contributed by atoms with Crippen molar-refractivity contribution in [1.82, 2.24) is 0 Å². The van der Waals surface area contributed by atoms with E-state index in [-0.39, 0.29) is 17.3 Å². The van der Waals surface area contributed by atoms with E-state index < -0.39 is 17.9 Å². The van der Waals surface area contributed by atoms with Gasteiger partial charge in [-0.05, 0) is 74.4 Å². The molecule has 0 bridgehead atoms. The van der Waals surface area contributed by atoms with Crippen LogP contribution in [-0.2, 0) is 4.79 Å². The molecule has 1 aromatic heterocycles. The van der Waals surface area contributed by atoms with Gasteiger partial charge < -0.3 is 23.9 Å². The highest BCUT2D eigenvalue weighted by molar-refractivity contribution is 5.97. The first-order valence-corrected chi connectivity index (χ1v) is 11.6. The van der Waals surface area contributed by atoms with E-state index in [1.54, 1.807) is 54.6 Å². The van der Waals surface area contributed by atoms with Crippen LogP contribution < -0.4 is 25.0 Å². The molecule has 0 saturated heterocycles. The van der Waals surface area contributed by atoms with Gasteiger partial charge in [-0.3, -0.25) is 14.4 Å². The first kappa shape index (κ1) is 25.5. The van der Waals surface area contributed by atoms with E-state index in [4.69, 9.17) is 18.6 Å². The zero-order valence-corrected chi connectivity index (χ0v) is 21.3. The second-order valence-electron chi connectivity index (χ2n) is 8.57. The third-order valence-electron chi connectivity index (χ3n) is 6.01. The molecule has 0 spiro atoms. The molecule has 8 nitrogen and oxygen atoms in total. The van der Waals surface area contributed by atoms with Crippen molar-refractivity contribution in [2.24, 2.45) is 0 Å². The zero-order valence-electron chi connectivity index (χ0n) is 21.3. The number of rotatable bonds is 8. The Balaban J connectivity index is 1.73. The number of benzene rings is 3. The summed E-state index contributed by atoms with van der Waals surface area (Å²) in [6, 6.07) is 15.2. The maximum absolute atomic E-state index is 13.5. The minimum absolute atomic E-state index is 0.101. The van der Waals surface area contributed by atoms with Crippen LogP contribution in [0, 0.1) is 13.8 Å². The van der Waals surface area contributed by atoms with Gasteiger partial charge in [0.15, 0.2) is 29.6 Å². The van der Waals surface area contributed by atoms with Crippen LogP contribution in [0.3, 0.4) is 0 Å². The van der Waals surface area contributed by atoms with Crippen molar-refractivity contribution in [3.63, 3.8) is 0 Å². The Morgan fingerprint density at radius 1 is 0.919 bits per heavy atom. The molecule has 0 atom stereocenters. The maximum atomic E-state index is 13.5. The molecule has 0 aliphatic carbocycles. The monoisotopic (exact) mass is 501 g/mol. The number of fused-ring (bicyclic) bond motifs is 1. The van der Waals surface area contributed by atoms with Crippen molar-refractivity contribution in [2.45, 2.75) is 20.8 Å². The minimum Gasteiger partial charge on any atom is -0.493 e. The topological polar surface area (TPSA) is 104 Å². The number of amides is 1. The molecule has 8 heteroatoms. The molecule has 4 aromatic rings. The first-order valence-electron chi connectivity index (χ1n) is 11.6. The van der Waals surface area contributed by atoms with E-state index in [1.165, 1.54) is 21.1 Å². The highest BCUT2D eigenvalue weighted by Gasteiger charge is 2.21. The van der Waals surface area contributed by atoms with Gasteiger partial charge in [0.1, 0.15) is 5.58 Å². The molecule has 0 saturated carbocycles. The van der Waals surface area contributed by atoms with Crippen LogP contribution in [0.4, 0.5) is 5.69 Å². The average Bonchev–Trinajstić information content (AvgIpc) is 2.89. The Kier molecular flexibility index (Phi) is 7.29. The van der Waals surface area contributed by atoms with E-state index in [2.05, 4.69) is 5.32 Å². The number of nitrogens with one attached hydrogen (secondary N) is 1. The third kappa shape index (κ3) is 5.33. The quantitative estimate of drug-likeness (QED) is 0.326. The van der Waals surface area contributed by atoms with Crippen LogP contribution in [-0.4, -0.2) is 32.5 Å². The molecule has 0 fully saturated rings. The molecule has 0 aliphatic heterocycles. The number of hydrogen-bond donors (Lipinski definition) is 1. The standard InChI is InChI=1S/C29H27NO7/c1-16-11-22-24(12-17(16)2)37-28(20-9-10-23(34-4)25(14-20)35-5)29(27(22)33)36-15-26(32)30-21-8-6-7-19(13-21)18(3)31/h6-14H,15H2,1-5H3,(H,30,32). The molecule has 190 valence electrons. The van der Waals surface area contributed by atoms with E-state index in [0.717, 1.165) is 11.1 Å². The summed E-state index contributed by atoms with van der Waals surface area (Å²) >= 11 is 0. The van der Waals surface area contributed by atoms with Crippen LogP contribution in [0.1, 0.15) is 28.4 Å². The number of aryl methyl sites for hydroxylation is 2. The Morgan fingerprint density at radius 2 is 1.65 bits per heavy atom. The van der Waals surface area contributed by atoms with Crippen LogP contribution >= 0.6 is 0 Å². The summed E-state index contributed by atoms with van der Waals surface area (Å²) < 4.78 is 22.7. The van der Waals surface area contributed by atoms with Crippen molar-refractivity contribution in [1.29, 1.82) is 0 Å². The largest absolute Gasteiger partial charge is 0.493 e. The minimum atomic E-state index is -0.501. The van der Waals surface area contributed by atoms with Crippen LogP contribution in [0.2, 0.25) is 0 Å². The Bertz CT molecular complexity index is 1570. The fourth-order valence-corrected chi connectivity index (χ4v) is 3.88. The fraction of sp³-hybridized carbons (Fsp3) is 0.207. The smallest absolute Gasteiger partial charge is 0.262 e. The van der Waals surface area contributed by atoms with E-state index in [1.807, 2.05) is 13.8 Å². The SMILES string of the molecule is COc1ccc(-c2oc3cc(C)c(C)cc3c(=O)c2OCC(=O)Nc2cccc(C(C)=O)c2)cc1OC. The van der Waals surface area contributed by atoms with Crippen molar-refractivity contribution in [3.8, 4) is 28.6 Å². The van der Waals surface area contributed by atoms with Gasteiger partial charge in [-0.25, -0.2) is 0 Å². The summed E-state index contributed by atoms with van der Waals surface area (Å²) in [5.41, 5.74) is 3.31. The van der Waals surface area contributed by atoms with Crippen LogP contribution in [0.5, 0.6) is 17.2 Å². The van der Waals surface area contributed by atoms with Crippen LogP contribution in [0.25, 0.3) is 22.3 Å².